The second-order valence-electron chi connectivity index (χ2n) is 7.67. The minimum Gasteiger partial charge on any atom is -0.497 e. The van der Waals surface area contributed by atoms with Crippen molar-refractivity contribution in [3.8, 4) is 11.5 Å². The number of amides is 1. The molecule has 3 rings (SSSR count). The van der Waals surface area contributed by atoms with E-state index < -0.39 is 0 Å². The van der Waals surface area contributed by atoms with Gasteiger partial charge < -0.3 is 19.1 Å². The summed E-state index contributed by atoms with van der Waals surface area (Å²) in [6.45, 7) is 4.56. The van der Waals surface area contributed by atoms with Gasteiger partial charge in [0, 0.05) is 24.7 Å². The number of esters is 1. The van der Waals surface area contributed by atoms with Crippen molar-refractivity contribution in [2.24, 2.45) is 5.92 Å². The Morgan fingerprint density at radius 1 is 1.10 bits per heavy atom. The average Bonchev–Trinajstić information content (AvgIpc) is 3.21. The van der Waals surface area contributed by atoms with Gasteiger partial charge in [0.2, 0.25) is 5.91 Å². The van der Waals surface area contributed by atoms with Gasteiger partial charge in [-0.2, -0.15) is 0 Å². The Hall–Kier alpha value is -2.28. The molecular formula is C22H32N2O5. The van der Waals surface area contributed by atoms with Gasteiger partial charge in [-0.3, -0.25) is 14.5 Å². The Kier molecular flexibility index (Phi) is 7.36. The topological polar surface area (TPSA) is 68.3 Å². The Balaban J connectivity index is 1.68. The summed E-state index contributed by atoms with van der Waals surface area (Å²) < 4.78 is 16.1. The number of ether oxygens (including phenoxy) is 3. The Morgan fingerprint density at radius 3 is 2.62 bits per heavy atom. The van der Waals surface area contributed by atoms with Crippen LogP contribution in [0.15, 0.2) is 18.2 Å². The standard InChI is InChI=1S/C22H32N2O5/c1-4-29-22(26)16-7-5-12-24(14-16)21(25)15-23-11-6-8-19(23)18-13-17(27-2)9-10-20(18)28-3/h9-10,13,16,19H,4-8,11-12,14-15H2,1-3H3. The first-order valence-corrected chi connectivity index (χ1v) is 10.5. The molecule has 1 amide bonds. The first-order chi connectivity index (χ1) is 14.1. The third kappa shape index (κ3) is 5.01. The van der Waals surface area contributed by atoms with Crippen LogP contribution in [0.4, 0.5) is 0 Å². The van der Waals surface area contributed by atoms with Gasteiger partial charge in [0.1, 0.15) is 11.5 Å². The number of hydrogen-bond donors (Lipinski definition) is 0. The quantitative estimate of drug-likeness (QED) is 0.651. The summed E-state index contributed by atoms with van der Waals surface area (Å²) in [5.41, 5.74) is 1.06. The minimum atomic E-state index is -0.208. The summed E-state index contributed by atoms with van der Waals surface area (Å²) in [7, 11) is 3.32. The van der Waals surface area contributed by atoms with E-state index in [1.807, 2.05) is 30.0 Å². The Bertz CT molecular complexity index is 723. The molecule has 2 aliphatic heterocycles. The van der Waals surface area contributed by atoms with Gasteiger partial charge in [0.15, 0.2) is 0 Å². The molecule has 1 aromatic carbocycles. The first-order valence-electron chi connectivity index (χ1n) is 10.5. The number of carbonyl (C=O) groups is 2. The smallest absolute Gasteiger partial charge is 0.310 e. The highest BCUT2D eigenvalue weighted by atomic mass is 16.5. The number of piperidine rings is 1. The van der Waals surface area contributed by atoms with Crippen LogP contribution in [0.1, 0.15) is 44.2 Å². The van der Waals surface area contributed by atoms with Crippen LogP contribution in [0.5, 0.6) is 11.5 Å². The van der Waals surface area contributed by atoms with Crippen LogP contribution < -0.4 is 9.47 Å². The van der Waals surface area contributed by atoms with E-state index in [2.05, 4.69) is 4.90 Å². The molecule has 0 bridgehead atoms. The highest BCUT2D eigenvalue weighted by molar-refractivity contribution is 5.80. The van der Waals surface area contributed by atoms with Gasteiger partial charge in [-0.15, -0.1) is 0 Å². The zero-order valence-corrected chi connectivity index (χ0v) is 17.7. The van der Waals surface area contributed by atoms with Gasteiger partial charge in [-0.05, 0) is 57.4 Å². The summed E-state index contributed by atoms with van der Waals surface area (Å²) in [6.07, 6.45) is 3.63. The molecular weight excluding hydrogens is 372 g/mol. The van der Waals surface area contributed by atoms with E-state index in [4.69, 9.17) is 14.2 Å². The van der Waals surface area contributed by atoms with E-state index in [9.17, 15) is 9.59 Å². The van der Waals surface area contributed by atoms with Crippen molar-refractivity contribution < 1.29 is 23.8 Å². The lowest BCUT2D eigenvalue weighted by atomic mass is 9.98. The van der Waals surface area contributed by atoms with E-state index in [-0.39, 0.29) is 23.8 Å². The number of carbonyl (C=O) groups excluding carboxylic acids is 2. The summed E-state index contributed by atoms with van der Waals surface area (Å²) in [5.74, 6) is 1.28. The average molecular weight is 405 g/mol. The molecule has 0 aromatic heterocycles. The van der Waals surface area contributed by atoms with Crippen molar-refractivity contribution in [3.05, 3.63) is 23.8 Å². The number of nitrogens with zero attached hydrogens (tertiary/aromatic N) is 2. The van der Waals surface area contributed by atoms with E-state index in [0.29, 0.717) is 26.2 Å². The van der Waals surface area contributed by atoms with Crippen molar-refractivity contribution >= 4 is 11.9 Å². The SMILES string of the molecule is CCOC(=O)C1CCCN(C(=O)CN2CCCC2c2cc(OC)ccc2OC)C1. The van der Waals surface area contributed by atoms with Crippen LogP contribution in [-0.4, -0.2) is 68.7 Å². The van der Waals surface area contributed by atoms with Crippen molar-refractivity contribution in [1.29, 1.82) is 0 Å². The third-order valence-corrected chi connectivity index (χ3v) is 5.89. The van der Waals surface area contributed by atoms with Crippen LogP contribution in [0.25, 0.3) is 0 Å². The first kappa shape index (κ1) is 21.4. The molecule has 2 atom stereocenters. The largest absolute Gasteiger partial charge is 0.497 e. The van der Waals surface area contributed by atoms with Crippen molar-refractivity contribution in [2.75, 3.05) is 47.0 Å². The van der Waals surface area contributed by atoms with E-state index in [1.165, 1.54) is 0 Å². The van der Waals surface area contributed by atoms with Crippen molar-refractivity contribution in [1.82, 2.24) is 9.80 Å². The second kappa shape index (κ2) is 9.96. The second-order valence-corrected chi connectivity index (χ2v) is 7.67. The molecule has 7 nitrogen and oxygen atoms in total. The van der Waals surface area contributed by atoms with Crippen LogP contribution in [0.3, 0.4) is 0 Å². The fraction of sp³-hybridized carbons (Fsp3) is 0.636. The maximum absolute atomic E-state index is 13.0. The highest BCUT2D eigenvalue weighted by Crippen LogP contribution is 2.38. The normalized spacial score (nSPS) is 22.4. The maximum Gasteiger partial charge on any atom is 0.310 e. The van der Waals surface area contributed by atoms with Gasteiger partial charge in [0.05, 0.1) is 33.3 Å². The molecule has 0 spiro atoms. The highest BCUT2D eigenvalue weighted by Gasteiger charge is 2.34. The Labute approximate surface area is 172 Å². The molecule has 1 aromatic rings. The molecule has 0 saturated carbocycles. The summed E-state index contributed by atoms with van der Waals surface area (Å²) >= 11 is 0. The molecule has 2 aliphatic rings. The third-order valence-electron chi connectivity index (χ3n) is 5.89. The lowest BCUT2D eigenvalue weighted by Crippen LogP contribution is -2.46. The zero-order valence-electron chi connectivity index (χ0n) is 17.7. The minimum absolute atomic E-state index is 0.0766. The fourth-order valence-corrected chi connectivity index (χ4v) is 4.40. The number of benzene rings is 1. The molecule has 2 heterocycles. The molecule has 0 N–H and O–H groups in total. The van der Waals surface area contributed by atoms with Gasteiger partial charge in [-0.1, -0.05) is 0 Å². The number of hydrogen-bond acceptors (Lipinski definition) is 6. The van der Waals surface area contributed by atoms with Crippen LogP contribution in [-0.2, 0) is 14.3 Å². The summed E-state index contributed by atoms with van der Waals surface area (Å²) in [5, 5.41) is 0. The summed E-state index contributed by atoms with van der Waals surface area (Å²) in [4.78, 5) is 29.1. The van der Waals surface area contributed by atoms with Crippen molar-refractivity contribution in [3.63, 3.8) is 0 Å². The Morgan fingerprint density at radius 2 is 1.90 bits per heavy atom. The van der Waals surface area contributed by atoms with E-state index in [0.717, 1.165) is 49.3 Å². The van der Waals surface area contributed by atoms with Crippen LogP contribution >= 0.6 is 0 Å². The lowest BCUT2D eigenvalue weighted by molar-refractivity contribution is -0.151. The molecule has 0 aliphatic carbocycles. The molecule has 160 valence electrons. The van der Waals surface area contributed by atoms with Crippen molar-refractivity contribution in [2.45, 2.75) is 38.6 Å². The van der Waals surface area contributed by atoms with E-state index >= 15 is 0 Å². The van der Waals surface area contributed by atoms with Crippen LogP contribution in [0.2, 0.25) is 0 Å². The van der Waals surface area contributed by atoms with Gasteiger partial charge >= 0.3 is 5.97 Å². The monoisotopic (exact) mass is 404 g/mol. The maximum atomic E-state index is 13.0. The molecule has 7 heteroatoms. The number of rotatable bonds is 7. The van der Waals surface area contributed by atoms with Gasteiger partial charge in [0.25, 0.3) is 0 Å². The fourth-order valence-electron chi connectivity index (χ4n) is 4.40. The number of likely N-dealkylation sites (tertiary alicyclic amines) is 2. The van der Waals surface area contributed by atoms with E-state index in [1.54, 1.807) is 14.2 Å². The molecule has 2 fully saturated rings. The van der Waals surface area contributed by atoms with Gasteiger partial charge in [-0.25, -0.2) is 0 Å². The number of methoxy groups -OCH3 is 2. The van der Waals surface area contributed by atoms with Crippen LogP contribution in [0, 0.1) is 5.92 Å². The molecule has 0 radical (unpaired) electrons. The molecule has 2 saturated heterocycles. The lowest BCUT2D eigenvalue weighted by Gasteiger charge is -2.34. The molecule has 2 unspecified atom stereocenters. The summed E-state index contributed by atoms with van der Waals surface area (Å²) in [6, 6.07) is 5.93. The predicted molar refractivity (Wildman–Crippen MR) is 109 cm³/mol. The predicted octanol–water partition coefficient (Wildman–Crippen LogP) is 2.64. The zero-order chi connectivity index (χ0) is 20.8. The molecule has 29 heavy (non-hydrogen) atoms.